The summed E-state index contributed by atoms with van der Waals surface area (Å²) in [6.45, 7) is 0.0918. The normalized spacial score (nSPS) is 11.3. The van der Waals surface area contributed by atoms with Gasteiger partial charge in [0, 0.05) is 11.8 Å². The molecule has 2 aromatic rings. The van der Waals surface area contributed by atoms with E-state index in [1.54, 1.807) is 11.8 Å². The van der Waals surface area contributed by atoms with Crippen LogP contribution in [0.4, 0.5) is 28.0 Å². The van der Waals surface area contributed by atoms with Crippen molar-refractivity contribution in [3.63, 3.8) is 0 Å². The van der Waals surface area contributed by atoms with E-state index in [1.807, 2.05) is 11.6 Å². The lowest BCUT2D eigenvalue weighted by Crippen LogP contribution is -2.19. The fourth-order valence-electron chi connectivity index (χ4n) is 2.00. The average Bonchev–Trinajstić information content (AvgIpc) is 2.58. The van der Waals surface area contributed by atoms with E-state index in [0.717, 1.165) is 24.1 Å². The van der Waals surface area contributed by atoms with Crippen LogP contribution in [0.25, 0.3) is 11.3 Å². The average molecular weight is 389 g/mol. The maximum Gasteiger partial charge on any atom is 0.435 e. The van der Waals surface area contributed by atoms with Gasteiger partial charge in [-0.05, 0) is 36.6 Å². The molecular weight excluding hydrogens is 374 g/mol. The largest absolute Gasteiger partial charge is 0.449 e. The Bertz CT molecular complexity index is 771. The van der Waals surface area contributed by atoms with Crippen molar-refractivity contribution in [1.82, 2.24) is 9.97 Å². The molecule has 1 N–H and O–H groups in total. The third-order valence-corrected chi connectivity index (χ3v) is 3.82. The van der Waals surface area contributed by atoms with Crippen LogP contribution in [0.2, 0.25) is 0 Å². The number of alkyl halides is 3. The summed E-state index contributed by atoms with van der Waals surface area (Å²) in [6, 6.07) is 3.29. The Kier molecular flexibility index (Phi) is 6.78. The molecule has 0 unspecified atom stereocenters. The molecule has 0 saturated carbocycles. The summed E-state index contributed by atoms with van der Waals surface area (Å²) in [7, 11) is 0. The van der Waals surface area contributed by atoms with Gasteiger partial charge in [-0.25, -0.2) is 14.2 Å². The van der Waals surface area contributed by atoms with Gasteiger partial charge in [-0.2, -0.15) is 24.9 Å². The molecule has 0 saturated heterocycles. The number of pyridine rings is 2. The number of ether oxygens (including phenoxy) is 1. The number of nitrogens with zero attached hydrogens (tertiary/aromatic N) is 2. The minimum Gasteiger partial charge on any atom is -0.449 e. The lowest BCUT2D eigenvalue weighted by atomic mass is 10.1. The van der Waals surface area contributed by atoms with Crippen molar-refractivity contribution in [1.29, 1.82) is 0 Å². The maximum absolute atomic E-state index is 13.3. The zero-order valence-corrected chi connectivity index (χ0v) is 14.5. The highest BCUT2D eigenvalue weighted by molar-refractivity contribution is 7.98. The van der Waals surface area contributed by atoms with Crippen molar-refractivity contribution in [3.05, 3.63) is 42.1 Å². The zero-order chi connectivity index (χ0) is 19.2. The first-order chi connectivity index (χ1) is 12.3. The van der Waals surface area contributed by atoms with E-state index in [2.05, 4.69) is 9.97 Å². The van der Waals surface area contributed by atoms with Gasteiger partial charge in [0.15, 0.2) is 5.69 Å². The fourth-order valence-corrected chi connectivity index (χ4v) is 2.41. The van der Waals surface area contributed by atoms with Crippen LogP contribution in [0, 0.1) is 5.82 Å². The van der Waals surface area contributed by atoms with Crippen LogP contribution in [0.3, 0.4) is 0 Å². The molecule has 0 atom stereocenters. The summed E-state index contributed by atoms with van der Waals surface area (Å²) in [4.78, 5) is 18.8. The smallest absolute Gasteiger partial charge is 0.435 e. The van der Waals surface area contributed by atoms with Crippen LogP contribution in [-0.4, -0.2) is 34.7 Å². The topological polar surface area (TPSA) is 64.1 Å². The number of hydrogen-bond acceptors (Lipinski definition) is 5. The van der Waals surface area contributed by atoms with E-state index in [4.69, 9.17) is 4.74 Å². The van der Waals surface area contributed by atoms with E-state index < -0.39 is 29.5 Å². The molecule has 140 valence electrons. The number of carbonyl (C=O) groups excluding carboxylic acids is 1. The molecule has 2 aromatic heterocycles. The third-order valence-electron chi connectivity index (χ3n) is 3.13. The molecule has 0 aliphatic rings. The fraction of sp³-hybridized carbons (Fsp3) is 0.312. The molecule has 0 fully saturated rings. The van der Waals surface area contributed by atoms with Crippen LogP contribution in [-0.2, 0) is 10.9 Å². The maximum atomic E-state index is 13.3. The quantitative estimate of drug-likeness (QED) is 0.578. The molecule has 0 radical (unpaired) electrons. The second kappa shape index (κ2) is 8.84. The van der Waals surface area contributed by atoms with Crippen molar-refractivity contribution >= 4 is 23.5 Å². The number of aromatic nitrogens is 2. The van der Waals surface area contributed by atoms with Crippen LogP contribution < -0.4 is 5.32 Å². The third kappa shape index (κ3) is 5.58. The van der Waals surface area contributed by atoms with Crippen molar-refractivity contribution in [2.75, 3.05) is 23.9 Å². The Morgan fingerprint density at radius 3 is 2.73 bits per heavy atom. The molecule has 5 nitrogen and oxygen atoms in total. The van der Waals surface area contributed by atoms with E-state index in [9.17, 15) is 22.4 Å². The standard InChI is InChI=1S/C16H15F4N3O2S/c1-26-6-2-5-25-15(24)23-13-4-3-12(22-14(13)16(18,19)20)10-7-11(17)9-21-8-10/h3-4,7-9H,2,5-6H2,1H3,(H,23,24). The molecule has 0 aromatic carbocycles. The lowest BCUT2D eigenvalue weighted by Gasteiger charge is -2.14. The van der Waals surface area contributed by atoms with E-state index in [1.165, 1.54) is 12.3 Å². The highest BCUT2D eigenvalue weighted by atomic mass is 32.2. The SMILES string of the molecule is CSCCCOC(=O)Nc1ccc(-c2cncc(F)c2)nc1C(F)(F)F. The zero-order valence-electron chi connectivity index (χ0n) is 13.6. The number of thioether (sulfide) groups is 1. The van der Waals surface area contributed by atoms with Crippen LogP contribution >= 0.6 is 11.8 Å². The van der Waals surface area contributed by atoms with Gasteiger partial charge in [-0.1, -0.05) is 0 Å². The summed E-state index contributed by atoms with van der Waals surface area (Å²) in [5, 5.41) is 2.04. The molecule has 10 heteroatoms. The summed E-state index contributed by atoms with van der Waals surface area (Å²) in [5.41, 5.74) is -1.88. The number of halogens is 4. The van der Waals surface area contributed by atoms with Gasteiger partial charge < -0.3 is 4.74 Å². The van der Waals surface area contributed by atoms with Gasteiger partial charge in [-0.3, -0.25) is 10.3 Å². The molecule has 26 heavy (non-hydrogen) atoms. The molecule has 2 rings (SSSR count). The molecular formula is C16H15F4N3O2S. The second-order valence-corrected chi connectivity index (χ2v) is 6.08. The molecule has 1 amide bonds. The van der Waals surface area contributed by atoms with Gasteiger partial charge in [0.2, 0.25) is 0 Å². The Labute approximate surface area is 151 Å². The van der Waals surface area contributed by atoms with Gasteiger partial charge in [0.25, 0.3) is 0 Å². The van der Waals surface area contributed by atoms with Crippen molar-refractivity contribution in [2.24, 2.45) is 0 Å². The minimum absolute atomic E-state index is 0.0849. The Balaban J connectivity index is 2.23. The predicted molar refractivity (Wildman–Crippen MR) is 90.4 cm³/mol. The van der Waals surface area contributed by atoms with Crippen LogP contribution in [0.1, 0.15) is 12.1 Å². The van der Waals surface area contributed by atoms with E-state index in [-0.39, 0.29) is 17.9 Å². The summed E-state index contributed by atoms with van der Waals surface area (Å²) in [6.07, 6.45) is -1.23. The predicted octanol–water partition coefficient (Wildman–Crippen LogP) is 4.60. The number of hydrogen-bond donors (Lipinski definition) is 1. The van der Waals surface area contributed by atoms with Gasteiger partial charge in [-0.15, -0.1) is 0 Å². The molecule has 0 spiro atoms. The van der Waals surface area contributed by atoms with Gasteiger partial charge in [0.05, 0.1) is 24.2 Å². The number of anilines is 1. The highest BCUT2D eigenvalue weighted by Crippen LogP contribution is 2.35. The molecule has 0 aliphatic carbocycles. The van der Waals surface area contributed by atoms with Crippen LogP contribution in [0.15, 0.2) is 30.6 Å². The summed E-state index contributed by atoms with van der Waals surface area (Å²) >= 11 is 1.56. The molecule has 0 aliphatic heterocycles. The first kappa shape index (κ1) is 20.0. The Morgan fingerprint density at radius 1 is 1.31 bits per heavy atom. The number of rotatable bonds is 6. The van der Waals surface area contributed by atoms with E-state index in [0.29, 0.717) is 6.42 Å². The lowest BCUT2D eigenvalue weighted by molar-refractivity contribution is -0.140. The monoisotopic (exact) mass is 389 g/mol. The molecule has 0 bridgehead atoms. The summed E-state index contributed by atoms with van der Waals surface area (Å²) < 4.78 is 57.9. The van der Waals surface area contributed by atoms with Crippen molar-refractivity contribution in [2.45, 2.75) is 12.6 Å². The summed E-state index contributed by atoms with van der Waals surface area (Å²) in [5.74, 6) is 0.0628. The number of amides is 1. The number of nitrogens with one attached hydrogen (secondary N) is 1. The first-order valence-electron chi connectivity index (χ1n) is 7.43. The van der Waals surface area contributed by atoms with Crippen molar-refractivity contribution in [3.8, 4) is 11.3 Å². The van der Waals surface area contributed by atoms with Gasteiger partial charge >= 0.3 is 12.3 Å². The Morgan fingerprint density at radius 2 is 2.08 bits per heavy atom. The van der Waals surface area contributed by atoms with Crippen molar-refractivity contribution < 1.29 is 27.1 Å². The van der Waals surface area contributed by atoms with Crippen LogP contribution in [0.5, 0.6) is 0 Å². The minimum atomic E-state index is -4.82. The van der Waals surface area contributed by atoms with E-state index >= 15 is 0 Å². The first-order valence-corrected chi connectivity index (χ1v) is 8.82. The highest BCUT2D eigenvalue weighted by Gasteiger charge is 2.36. The molecule has 2 heterocycles. The number of carbonyl (C=O) groups is 1. The Hall–Kier alpha value is -2.36. The second-order valence-electron chi connectivity index (χ2n) is 5.09. The van der Waals surface area contributed by atoms with Gasteiger partial charge in [0.1, 0.15) is 5.82 Å².